The predicted molar refractivity (Wildman–Crippen MR) is 86.7 cm³/mol. The molecule has 0 saturated carbocycles. The van der Waals surface area contributed by atoms with Crippen molar-refractivity contribution < 1.29 is 18.7 Å². The molecule has 3 rings (SSSR count). The molecule has 0 aliphatic heterocycles. The van der Waals surface area contributed by atoms with Crippen molar-refractivity contribution in [1.82, 2.24) is 0 Å². The van der Waals surface area contributed by atoms with Gasteiger partial charge in [-0.15, -0.1) is 0 Å². The Kier molecular flexibility index (Phi) is 4.02. The first-order chi connectivity index (χ1) is 11.1. The molecule has 0 aliphatic rings. The van der Waals surface area contributed by atoms with E-state index in [-0.39, 0.29) is 12.0 Å². The van der Waals surface area contributed by atoms with Gasteiger partial charge < -0.3 is 13.9 Å². The van der Waals surface area contributed by atoms with Crippen molar-refractivity contribution >= 4 is 27.9 Å². The molecule has 5 heteroatoms. The second-order valence-corrected chi connectivity index (χ2v) is 5.07. The molecular formula is C18H16O5. The molecule has 0 bridgehead atoms. The number of fused-ring (bicyclic) bond motifs is 2. The highest BCUT2D eigenvalue weighted by Gasteiger charge is 2.19. The van der Waals surface area contributed by atoms with Crippen LogP contribution in [0.15, 0.2) is 51.7 Å². The van der Waals surface area contributed by atoms with Crippen LogP contribution in [-0.2, 0) is 9.53 Å². The van der Waals surface area contributed by atoms with Gasteiger partial charge >= 0.3 is 5.97 Å². The van der Waals surface area contributed by atoms with Crippen molar-refractivity contribution in [2.45, 2.75) is 20.0 Å². The number of carbonyl (C=O) groups is 1. The number of hydrogen-bond acceptors (Lipinski definition) is 5. The van der Waals surface area contributed by atoms with Crippen molar-refractivity contribution in [3.05, 3.63) is 52.7 Å². The van der Waals surface area contributed by atoms with Gasteiger partial charge in [0.25, 0.3) is 0 Å². The number of esters is 1. The monoisotopic (exact) mass is 312 g/mol. The first-order valence-corrected chi connectivity index (χ1v) is 7.39. The maximum absolute atomic E-state index is 12.7. The Labute approximate surface area is 132 Å². The van der Waals surface area contributed by atoms with E-state index in [1.54, 1.807) is 56.3 Å². The Bertz CT molecular complexity index is 925. The van der Waals surface area contributed by atoms with Gasteiger partial charge in [-0.2, -0.15) is 0 Å². The second kappa shape index (κ2) is 6.12. The zero-order valence-electron chi connectivity index (χ0n) is 12.9. The molecule has 0 amide bonds. The SMILES string of the molecule is CCOC(=O)C(C)Oc1cccc2oc3ccccc3c(=O)c12. The van der Waals surface area contributed by atoms with Crippen LogP contribution < -0.4 is 10.2 Å². The molecule has 1 aromatic heterocycles. The van der Waals surface area contributed by atoms with Crippen molar-refractivity contribution in [3.63, 3.8) is 0 Å². The van der Waals surface area contributed by atoms with Gasteiger partial charge in [0.15, 0.2) is 6.10 Å². The van der Waals surface area contributed by atoms with Crippen LogP contribution in [0.1, 0.15) is 13.8 Å². The zero-order valence-corrected chi connectivity index (χ0v) is 12.9. The van der Waals surface area contributed by atoms with E-state index in [0.717, 1.165) is 0 Å². The average molecular weight is 312 g/mol. The Morgan fingerprint density at radius 3 is 2.65 bits per heavy atom. The van der Waals surface area contributed by atoms with Gasteiger partial charge in [0, 0.05) is 0 Å². The summed E-state index contributed by atoms with van der Waals surface area (Å²) in [7, 11) is 0. The molecule has 0 aliphatic carbocycles. The first kappa shape index (κ1) is 15.1. The van der Waals surface area contributed by atoms with Gasteiger partial charge in [0.05, 0.1) is 12.0 Å². The Morgan fingerprint density at radius 1 is 1.13 bits per heavy atom. The zero-order chi connectivity index (χ0) is 16.4. The predicted octanol–water partition coefficient (Wildman–Crippen LogP) is 3.28. The topological polar surface area (TPSA) is 65.7 Å². The molecule has 1 atom stereocenters. The van der Waals surface area contributed by atoms with Gasteiger partial charge in [-0.1, -0.05) is 18.2 Å². The minimum atomic E-state index is -0.813. The molecule has 3 aromatic rings. The lowest BCUT2D eigenvalue weighted by Gasteiger charge is -2.14. The normalized spacial score (nSPS) is 12.3. The van der Waals surface area contributed by atoms with Crippen molar-refractivity contribution in [3.8, 4) is 5.75 Å². The molecule has 0 saturated heterocycles. The molecule has 1 unspecified atom stereocenters. The lowest BCUT2D eigenvalue weighted by Crippen LogP contribution is -2.26. The van der Waals surface area contributed by atoms with Crippen molar-refractivity contribution in [2.24, 2.45) is 0 Å². The summed E-state index contributed by atoms with van der Waals surface area (Å²) < 4.78 is 16.3. The van der Waals surface area contributed by atoms with Gasteiger partial charge in [-0.3, -0.25) is 4.79 Å². The third kappa shape index (κ3) is 2.77. The van der Waals surface area contributed by atoms with Crippen molar-refractivity contribution in [1.29, 1.82) is 0 Å². The highest BCUT2D eigenvalue weighted by molar-refractivity contribution is 5.93. The highest BCUT2D eigenvalue weighted by Crippen LogP contribution is 2.26. The first-order valence-electron chi connectivity index (χ1n) is 7.39. The Morgan fingerprint density at radius 2 is 1.87 bits per heavy atom. The molecule has 0 radical (unpaired) electrons. The van der Waals surface area contributed by atoms with E-state index >= 15 is 0 Å². The number of hydrogen-bond donors (Lipinski definition) is 0. The molecule has 118 valence electrons. The number of rotatable bonds is 4. The summed E-state index contributed by atoms with van der Waals surface area (Å²) in [4.78, 5) is 24.5. The molecule has 0 N–H and O–H groups in total. The minimum Gasteiger partial charge on any atom is -0.478 e. The fourth-order valence-corrected chi connectivity index (χ4v) is 2.41. The molecule has 0 fully saturated rings. The van der Waals surface area contributed by atoms with Crippen LogP contribution in [0.4, 0.5) is 0 Å². The number of ether oxygens (including phenoxy) is 2. The molecule has 1 heterocycles. The summed E-state index contributed by atoms with van der Waals surface area (Å²) in [5, 5.41) is 0.794. The van der Waals surface area contributed by atoms with Gasteiger partial charge in [-0.05, 0) is 38.1 Å². The van der Waals surface area contributed by atoms with Crippen LogP contribution in [0.5, 0.6) is 5.75 Å². The summed E-state index contributed by atoms with van der Waals surface area (Å²) in [5.41, 5.74) is 0.747. The summed E-state index contributed by atoms with van der Waals surface area (Å²) in [6.07, 6.45) is -0.813. The quantitative estimate of drug-likeness (QED) is 0.546. The number of carbonyl (C=O) groups excluding carboxylic acids is 1. The third-order valence-electron chi connectivity index (χ3n) is 3.49. The molecule has 5 nitrogen and oxygen atoms in total. The van der Waals surface area contributed by atoms with E-state index in [2.05, 4.69) is 0 Å². The highest BCUT2D eigenvalue weighted by atomic mass is 16.6. The number of benzene rings is 2. The number of para-hydroxylation sites is 1. The van der Waals surface area contributed by atoms with E-state index in [9.17, 15) is 9.59 Å². The molecule has 23 heavy (non-hydrogen) atoms. The van der Waals surface area contributed by atoms with Crippen LogP contribution in [0.25, 0.3) is 21.9 Å². The maximum Gasteiger partial charge on any atom is 0.347 e. The molecule has 2 aromatic carbocycles. The second-order valence-electron chi connectivity index (χ2n) is 5.07. The fourth-order valence-electron chi connectivity index (χ4n) is 2.41. The Hall–Kier alpha value is -2.82. The van der Waals surface area contributed by atoms with Crippen molar-refractivity contribution in [2.75, 3.05) is 6.61 Å². The smallest absolute Gasteiger partial charge is 0.347 e. The largest absolute Gasteiger partial charge is 0.478 e. The minimum absolute atomic E-state index is 0.187. The van der Waals surface area contributed by atoms with E-state index in [4.69, 9.17) is 13.9 Å². The van der Waals surface area contributed by atoms with Gasteiger partial charge in [-0.25, -0.2) is 4.79 Å². The van der Waals surface area contributed by atoms with E-state index in [1.165, 1.54) is 0 Å². The lowest BCUT2D eigenvalue weighted by atomic mass is 10.1. The summed E-state index contributed by atoms with van der Waals surface area (Å²) in [6.45, 7) is 3.58. The van der Waals surface area contributed by atoms with E-state index in [1.807, 2.05) is 0 Å². The standard InChI is InChI=1S/C18H16O5/c1-3-21-18(20)11(2)22-14-9-6-10-15-16(14)17(19)12-7-4-5-8-13(12)23-15/h4-11H,3H2,1-2H3. The van der Waals surface area contributed by atoms with E-state index in [0.29, 0.717) is 27.7 Å². The maximum atomic E-state index is 12.7. The molecule has 0 spiro atoms. The summed E-state index contributed by atoms with van der Waals surface area (Å²) in [5.74, 6) is -0.169. The third-order valence-corrected chi connectivity index (χ3v) is 3.49. The summed E-state index contributed by atoms with van der Waals surface area (Å²) in [6, 6.07) is 12.1. The van der Waals surface area contributed by atoms with Crippen LogP contribution in [0.2, 0.25) is 0 Å². The van der Waals surface area contributed by atoms with Crippen LogP contribution in [-0.4, -0.2) is 18.7 Å². The Balaban J connectivity index is 2.13. The molecular weight excluding hydrogens is 296 g/mol. The van der Waals surface area contributed by atoms with Crippen LogP contribution in [0.3, 0.4) is 0 Å². The van der Waals surface area contributed by atoms with E-state index < -0.39 is 12.1 Å². The van der Waals surface area contributed by atoms with Gasteiger partial charge in [0.2, 0.25) is 5.43 Å². The fraction of sp³-hybridized carbons (Fsp3) is 0.222. The van der Waals surface area contributed by atoms with Crippen LogP contribution in [0, 0.1) is 0 Å². The average Bonchev–Trinajstić information content (AvgIpc) is 2.55. The van der Waals surface area contributed by atoms with Gasteiger partial charge in [0.1, 0.15) is 22.3 Å². The van der Waals surface area contributed by atoms with Crippen LogP contribution >= 0.6 is 0 Å². The lowest BCUT2D eigenvalue weighted by molar-refractivity contribution is -0.150. The summed E-state index contributed by atoms with van der Waals surface area (Å²) >= 11 is 0.